The zero-order valence-corrected chi connectivity index (χ0v) is 26.7. The standard InChI is InChI=1S/C30H37IN6O4S/c1-18(2)33-30-35-24(17-42-30)25-23-8-5-4-7-21(23)13-16-36(25)29(41)27(39)26(38)28(40)34-19(3)20-9-11-22(12-10-20)37(32)15-6-14-31/h4-12,15,17-19,25-27,38-39H,13-14,16,32H2,1-3H3,(H,33,35)(H,34,40)/b15-6-/t19-,25-,26-,27-/m1/s1. The number of rotatable bonds is 11. The van der Waals surface area contributed by atoms with E-state index in [1.807, 2.05) is 73.8 Å². The zero-order valence-electron chi connectivity index (χ0n) is 23.8. The molecule has 42 heavy (non-hydrogen) atoms. The number of carbonyl (C=O) groups is 2. The van der Waals surface area contributed by atoms with Crippen LogP contribution in [0.2, 0.25) is 0 Å². The third-order valence-electron chi connectivity index (χ3n) is 7.01. The number of hydrogen-bond acceptors (Lipinski definition) is 9. The van der Waals surface area contributed by atoms with Crippen LogP contribution in [0, 0.1) is 0 Å². The molecule has 2 heterocycles. The minimum absolute atomic E-state index is 0.189. The third-order valence-corrected chi connectivity index (χ3v) is 8.31. The zero-order chi connectivity index (χ0) is 30.4. The molecule has 12 heteroatoms. The Labute approximate surface area is 263 Å². The Hall–Kier alpha value is -3.04. The predicted molar refractivity (Wildman–Crippen MR) is 174 cm³/mol. The van der Waals surface area contributed by atoms with Crippen LogP contribution < -0.4 is 21.5 Å². The lowest BCUT2D eigenvalue weighted by molar-refractivity contribution is -0.155. The van der Waals surface area contributed by atoms with Crippen LogP contribution in [0.4, 0.5) is 10.8 Å². The molecule has 0 saturated carbocycles. The number of anilines is 2. The number of aromatic nitrogens is 1. The van der Waals surface area contributed by atoms with Crippen molar-refractivity contribution in [2.75, 3.05) is 21.3 Å². The van der Waals surface area contributed by atoms with Gasteiger partial charge >= 0.3 is 0 Å². The van der Waals surface area contributed by atoms with Gasteiger partial charge in [0.25, 0.3) is 11.8 Å². The van der Waals surface area contributed by atoms with Crippen LogP contribution in [-0.4, -0.2) is 61.1 Å². The maximum atomic E-state index is 13.6. The van der Waals surface area contributed by atoms with Gasteiger partial charge in [0.2, 0.25) is 0 Å². The molecule has 0 aliphatic carbocycles. The minimum atomic E-state index is -1.96. The summed E-state index contributed by atoms with van der Waals surface area (Å²) in [5.74, 6) is 4.44. The lowest BCUT2D eigenvalue weighted by Gasteiger charge is -2.38. The summed E-state index contributed by atoms with van der Waals surface area (Å²) in [6, 6.07) is 14.2. The monoisotopic (exact) mass is 704 g/mol. The summed E-state index contributed by atoms with van der Waals surface area (Å²) < 4.78 is 0.830. The molecule has 0 saturated heterocycles. The number of allylic oxidation sites excluding steroid dienone is 1. The van der Waals surface area contributed by atoms with Gasteiger partial charge in [-0.2, -0.15) is 0 Å². The quantitative estimate of drug-likeness (QED) is 0.0882. The Morgan fingerprint density at radius 2 is 1.88 bits per heavy atom. The summed E-state index contributed by atoms with van der Waals surface area (Å²) in [5, 5.41) is 31.8. The average molecular weight is 705 g/mol. The second-order valence-electron chi connectivity index (χ2n) is 10.4. The van der Waals surface area contributed by atoms with Crippen molar-refractivity contribution in [2.24, 2.45) is 5.84 Å². The molecule has 2 amide bonds. The third kappa shape index (κ3) is 7.48. The van der Waals surface area contributed by atoms with Crippen molar-refractivity contribution in [2.45, 2.75) is 57.5 Å². The Balaban J connectivity index is 1.47. The lowest BCUT2D eigenvalue weighted by Crippen LogP contribution is -2.53. The van der Waals surface area contributed by atoms with Crippen molar-refractivity contribution < 1.29 is 19.8 Å². The molecule has 1 aliphatic rings. The van der Waals surface area contributed by atoms with E-state index in [0.29, 0.717) is 18.7 Å². The molecule has 0 bridgehead atoms. The smallest absolute Gasteiger partial charge is 0.255 e. The van der Waals surface area contributed by atoms with Gasteiger partial charge in [-0.25, -0.2) is 10.8 Å². The molecule has 1 aliphatic heterocycles. The van der Waals surface area contributed by atoms with Gasteiger partial charge in [-0.1, -0.05) is 65.1 Å². The number of halogens is 1. The molecule has 3 aromatic rings. The number of alkyl halides is 1. The van der Waals surface area contributed by atoms with Crippen molar-refractivity contribution in [1.82, 2.24) is 15.2 Å². The van der Waals surface area contributed by atoms with Gasteiger partial charge in [0.15, 0.2) is 17.3 Å². The number of thiazole rings is 1. The second-order valence-corrected chi connectivity index (χ2v) is 12.2. The highest BCUT2D eigenvalue weighted by Crippen LogP contribution is 2.37. The lowest BCUT2D eigenvalue weighted by atomic mass is 9.90. The molecule has 224 valence electrons. The first-order valence-electron chi connectivity index (χ1n) is 13.7. The van der Waals surface area contributed by atoms with E-state index in [-0.39, 0.29) is 6.04 Å². The van der Waals surface area contributed by atoms with Gasteiger partial charge < -0.3 is 25.7 Å². The number of benzene rings is 2. The van der Waals surface area contributed by atoms with E-state index < -0.39 is 36.1 Å². The summed E-state index contributed by atoms with van der Waals surface area (Å²) in [6.45, 7) is 6.10. The molecule has 4 rings (SSSR count). The number of nitrogens with one attached hydrogen (secondary N) is 2. The molecular formula is C30H37IN6O4S. The number of nitrogens with zero attached hydrogens (tertiary/aromatic N) is 3. The van der Waals surface area contributed by atoms with Gasteiger partial charge in [-0.15, -0.1) is 11.3 Å². The number of hydrazine groups is 1. The number of nitrogens with two attached hydrogens (primary N) is 1. The van der Waals surface area contributed by atoms with Crippen LogP contribution in [0.3, 0.4) is 0 Å². The largest absolute Gasteiger partial charge is 0.380 e. The molecule has 2 aromatic carbocycles. The van der Waals surface area contributed by atoms with E-state index in [2.05, 4.69) is 33.2 Å². The molecule has 0 fully saturated rings. The molecule has 0 spiro atoms. The van der Waals surface area contributed by atoms with Gasteiger partial charge in [0.05, 0.1) is 17.4 Å². The maximum absolute atomic E-state index is 13.6. The first kappa shape index (κ1) is 31.9. The number of aliphatic hydroxyl groups is 2. The first-order valence-corrected chi connectivity index (χ1v) is 16.1. The SMILES string of the molecule is CC(C)Nc1nc([C@H]2c3ccccc3CCN2C(=O)[C@H](O)[C@@H](O)C(=O)N[C@H](C)c2ccc(N(N)/C=C\CI)cc2)cs1. The Morgan fingerprint density at radius 1 is 1.17 bits per heavy atom. The van der Waals surface area contributed by atoms with Crippen molar-refractivity contribution >= 4 is 56.6 Å². The molecule has 6 N–H and O–H groups in total. The summed E-state index contributed by atoms with van der Waals surface area (Å²) in [5.41, 5.74) is 4.19. The van der Waals surface area contributed by atoms with Gasteiger partial charge in [0, 0.05) is 28.6 Å². The minimum Gasteiger partial charge on any atom is -0.380 e. The predicted octanol–water partition coefficient (Wildman–Crippen LogP) is 3.67. The topological polar surface area (TPSA) is 144 Å². The summed E-state index contributed by atoms with van der Waals surface area (Å²) in [4.78, 5) is 32.8. The van der Waals surface area contributed by atoms with E-state index in [1.165, 1.54) is 21.2 Å². The van der Waals surface area contributed by atoms with Crippen molar-refractivity contribution in [3.63, 3.8) is 0 Å². The number of hydrogen-bond donors (Lipinski definition) is 5. The van der Waals surface area contributed by atoms with Crippen molar-refractivity contribution in [1.29, 1.82) is 0 Å². The van der Waals surface area contributed by atoms with E-state index in [0.717, 1.165) is 31.9 Å². The van der Waals surface area contributed by atoms with Crippen molar-refractivity contribution in [3.05, 3.63) is 88.6 Å². The Kier molecular flexibility index (Phi) is 11.0. The Morgan fingerprint density at radius 3 is 2.57 bits per heavy atom. The average Bonchev–Trinajstić information content (AvgIpc) is 3.45. The fourth-order valence-corrected chi connectivity index (χ4v) is 5.96. The molecule has 0 unspecified atom stereocenters. The number of fused-ring (bicyclic) bond motifs is 1. The highest BCUT2D eigenvalue weighted by Gasteiger charge is 2.40. The molecule has 1 aromatic heterocycles. The highest BCUT2D eigenvalue weighted by molar-refractivity contribution is 14.1. The summed E-state index contributed by atoms with van der Waals surface area (Å²) in [6.07, 6.45) is 0.366. The molecule has 4 atom stereocenters. The van der Waals surface area contributed by atoms with E-state index in [9.17, 15) is 19.8 Å². The van der Waals surface area contributed by atoms with E-state index >= 15 is 0 Å². The molecule has 10 nitrogen and oxygen atoms in total. The van der Waals surface area contributed by atoms with Crippen LogP contribution in [0.5, 0.6) is 0 Å². The molecular weight excluding hydrogens is 667 g/mol. The Bertz CT molecular complexity index is 1400. The number of aliphatic hydroxyl groups excluding tert-OH is 2. The summed E-state index contributed by atoms with van der Waals surface area (Å²) in [7, 11) is 0. The van der Waals surface area contributed by atoms with Crippen molar-refractivity contribution in [3.8, 4) is 0 Å². The van der Waals surface area contributed by atoms with Crippen LogP contribution in [0.25, 0.3) is 0 Å². The molecule has 0 radical (unpaired) electrons. The maximum Gasteiger partial charge on any atom is 0.255 e. The van der Waals surface area contributed by atoms with Gasteiger partial charge in [0.1, 0.15) is 6.04 Å². The number of carbonyl (C=O) groups excluding carboxylic acids is 2. The van der Waals surface area contributed by atoms with Gasteiger partial charge in [-0.05, 0) is 56.0 Å². The van der Waals surface area contributed by atoms with Gasteiger partial charge in [-0.3, -0.25) is 14.6 Å². The van der Waals surface area contributed by atoms with Crippen LogP contribution in [0.1, 0.15) is 55.2 Å². The fourth-order valence-electron chi connectivity index (χ4n) is 4.85. The fraction of sp³-hybridized carbons (Fsp3) is 0.367. The van der Waals surface area contributed by atoms with Crippen LogP contribution in [-0.2, 0) is 16.0 Å². The van der Waals surface area contributed by atoms with Crippen LogP contribution in [0.15, 0.2) is 66.2 Å². The van der Waals surface area contributed by atoms with Crippen LogP contribution >= 0.6 is 33.9 Å². The number of amides is 2. The second kappa shape index (κ2) is 14.4. The highest BCUT2D eigenvalue weighted by atomic mass is 127. The normalized spacial score (nSPS) is 17.0. The first-order chi connectivity index (χ1) is 20.1. The summed E-state index contributed by atoms with van der Waals surface area (Å²) >= 11 is 3.66. The van der Waals surface area contributed by atoms with E-state index in [1.54, 1.807) is 13.1 Å². The van der Waals surface area contributed by atoms with E-state index in [4.69, 9.17) is 10.8 Å².